The number of aliphatic hydroxyl groups is 1. The molecule has 112 valence electrons. The van der Waals surface area contributed by atoms with Crippen LogP contribution in [0.5, 0.6) is 0 Å². The molecule has 1 saturated heterocycles. The van der Waals surface area contributed by atoms with Gasteiger partial charge in [0.05, 0.1) is 0 Å². The van der Waals surface area contributed by atoms with Crippen LogP contribution in [-0.2, 0) is 6.54 Å². The maximum absolute atomic E-state index is 9.18. The number of rotatable bonds is 6. The van der Waals surface area contributed by atoms with Crippen LogP contribution in [0.1, 0.15) is 32.3 Å². The van der Waals surface area contributed by atoms with E-state index in [9.17, 15) is 5.11 Å². The first kappa shape index (κ1) is 15.3. The Labute approximate surface area is 123 Å². The normalized spacial score (nSPS) is 17.6. The smallest absolute Gasteiger partial charge is 0.0460 e. The molecule has 0 spiro atoms. The van der Waals surface area contributed by atoms with E-state index in [4.69, 9.17) is 0 Å². The molecule has 0 bridgehead atoms. The van der Waals surface area contributed by atoms with E-state index in [2.05, 4.69) is 48.3 Å². The predicted octanol–water partition coefficient (Wildman–Crippen LogP) is 2.96. The lowest BCUT2D eigenvalue weighted by Crippen LogP contribution is -2.34. The standard InChI is InChI=1S/C17H28N2O/c1-14(2)11-18-17-5-3-4-16(10-17)12-19-8-6-15(13-20)7-9-19/h3-5,10,14-15,18,20H,6-9,11-13H2,1-2H3. The number of nitrogens with one attached hydrogen (secondary N) is 1. The van der Waals surface area contributed by atoms with E-state index in [1.807, 2.05) is 0 Å². The molecular formula is C17H28N2O. The van der Waals surface area contributed by atoms with Crippen LogP contribution in [0.2, 0.25) is 0 Å². The number of hydrogen-bond acceptors (Lipinski definition) is 3. The zero-order valence-electron chi connectivity index (χ0n) is 12.8. The van der Waals surface area contributed by atoms with Crippen LogP contribution in [0.4, 0.5) is 5.69 Å². The van der Waals surface area contributed by atoms with Crippen molar-refractivity contribution >= 4 is 5.69 Å². The minimum absolute atomic E-state index is 0.350. The highest BCUT2D eigenvalue weighted by Gasteiger charge is 2.18. The van der Waals surface area contributed by atoms with E-state index in [0.29, 0.717) is 18.4 Å². The Kier molecular flexibility index (Phi) is 5.86. The summed E-state index contributed by atoms with van der Waals surface area (Å²) < 4.78 is 0. The number of piperidine rings is 1. The van der Waals surface area contributed by atoms with Gasteiger partial charge in [-0.2, -0.15) is 0 Å². The molecule has 0 saturated carbocycles. The van der Waals surface area contributed by atoms with Gasteiger partial charge in [-0.05, 0) is 55.5 Å². The molecule has 3 nitrogen and oxygen atoms in total. The molecule has 1 aromatic carbocycles. The average molecular weight is 276 g/mol. The summed E-state index contributed by atoms with van der Waals surface area (Å²) in [5, 5.41) is 12.7. The third kappa shape index (κ3) is 4.80. The van der Waals surface area contributed by atoms with Crippen molar-refractivity contribution in [1.29, 1.82) is 0 Å². The summed E-state index contributed by atoms with van der Waals surface area (Å²) >= 11 is 0. The Morgan fingerprint density at radius 1 is 1.30 bits per heavy atom. The zero-order valence-corrected chi connectivity index (χ0v) is 12.8. The summed E-state index contributed by atoms with van der Waals surface area (Å²) in [5.74, 6) is 1.18. The molecule has 1 heterocycles. The molecule has 1 aliphatic rings. The van der Waals surface area contributed by atoms with Crippen molar-refractivity contribution in [2.75, 3.05) is 31.6 Å². The average Bonchev–Trinajstić information content (AvgIpc) is 2.46. The third-order valence-corrected chi connectivity index (χ3v) is 4.01. The van der Waals surface area contributed by atoms with Crippen molar-refractivity contribution < 1.29 is 5.11 Å². The Balaban J connectivity index is 1.85. The van der Waals surface area contributed by atoms with Gasteiger partial charge in [0.1, 0.15) is 0 Å². The highest BCUT2D eigenvalue weighted by molar-refractivity contribution is 5.45. The van der Waals surface area contributed by atoms with Crippen LogP contribution in [0.25, 0.3) is 0 Å². The summed E-state index contributed by atoms with van der Waals surface area (Å²) in [5.41, 5.74) is 2.60. The monoisotopic (exact) mass is 276 g/mol. The van der Waals surface area contributed by atoms with Gasteiger partial charge in [0.15, 0.2) is 0 Å². The van der Waals surface area contributed by atoms with Gasteiger partial charge in [0.25, 0.3) is 0 Å². The molecular weight excluding hydrogens is 248 g/mol. The number of nitrogens with zero attached hydrogens (tertiary/aromatic N) is 1. The lowest BCUT2D eigenvalue weighted by Gasteiger charge is -2.31. The van der Waals surface area contributed by atoms with Gasteiger partial charge in [-0.3, -0.25) is 4.90 Å². The Bertz CT molecular complexity index is 398. The summed E-state index contributed by atoms with van der Waals surface area (Å²) in [7, 11) is 0. The molecule has 0 aromatic heterocycles. The van der Waals surface area contributed by atoms with E-state index < -0.39 is 0 Å². The molecule has 1 aliphatic heterocycles. The lowest BCUT2D eigenvalue weighted by molar-refractivity contribution is 0.127. The Morgan fingerprint density at radius 2 is 2.05 bits per heavy atom. The Morgan fingerprint density at radius 3 is 2.70 bits per heavy atom. The van der Waals surface area contributed by atoms with Crippen LogP contribution < -0.4 is 5.32 Å². The number of likely N-dealkylation sites (tertiary alicyclic amines) is 1. The van der Waals surface area contributed by atoms with Gasteiger partial charge in [0, 0.05) is 25.4 Å². The predicted molar refractivity (Wildman–Crippen MR) is 84.9 cm³/mol. The van der Waals surface area contributed by atoms with Crippen molar-refractivity contribution in [3.63, 3.8) is 0 Å². The van der Waals surface area contributed by atoms with Crippen LogP contribution in [0.15, 0.2) is 24.3 Å². The highest BCUT2D eigenvalue weighted by Crippen LogP contribution is 2.19. The summed E-state index contributed by atoms with van der Waals surface area (Å²) in [6.07, 6.45) is 2.25. The molecule has 0 aliphatic carbocycles. The Hall–Kier alpha value is -1.06. The van der Waals surface area contributed by atoms with Crippen molar-refractivity contribution in [3.8, 4) is 0 Å². The quantitative estimate of drug-likeness (QED) is 0.838. The summed E-state index contributed by atoms with van der Waals surface area (Å²) in [6.45, 7) is 9.05. The second-order valence-corrected chi connectivity index (χ2v) is 6.38. The molecule has 1 fully saturated rings. The van der Waals surface area contributed by atoms with Gasteiger partial charge < -0.3 is 10.4 Å². The topological polar surface area (TPSA) is 35.5 Å². The van der Waals surface area contributed by atoms with Crippen LogP contribution in [0.3, 0.4) is 0 Å². The van der Waals surface area contributed by atoms with E-state index >= 15 is 0 Å². The van der Waals surface area contributed by atoms with E-state index in [-0.39, 0.29) is 0 Å². The number of hydrogen-bond donors (Lipinski definition) is 2. The molecule has 2 rings (SSSR count). The highest BCUT2D eigenvalue weighted by atomic mass is 16.3. The maximum Gasteiger partial charge on any atom is 0.0460 e. The first-order valence-corrected chi connectivity index (χ1v) is 7.83. The van der Waals surface area contributed by atoms with Gasteiger partial charge in [0.2, 0.25) is 0 Å². The van der Waals surface area contributed by atoms with Crippen LogP contribution in [0, 0.1) is 11.8 Å². The van der Waals surface area contributed by atoms with E-state index in [0.717, 1.165) is 39.0 Å². The minimum atomic E-state index is 0.350. The largest absolute Gasteiger partial charge is 0.396 e. The van der Waals surface area contributed by atoms with Crippen LogP contribution in [-0.4, -0.2) is 36.2 Å². The second kappa shape index (κ2) is 7.65. The van der Waals surface area contributed by atoms with Gasteiger partial charge in [-0.15, -0.1) is 0 Å². The number of anilines is 1. The first-order valence-electron chi connectivity index (χ1n) is 7.83. The summed E-state index contributed by atoms with van der Waals surface area (Å²) in [4.78, 5) is 2.49. The van der Waals surface area contributed by atoms with E-state index in [1.165, 1.54) is 11.3 Å². The minimum Gasteiger partial charge on any atom is -0.396 e. The molecule has 0 unspecified atom stereocenters. The van der Waals surface area contributed by atoms with Crippen LogP contribution >= 0.6 is 0 Å². The fourth-order valence-electron chi connectivity index (χ4n) is 2.69. The fourth-order valence-corrected chi connectivity index (χ4v) is 2.69. The maximum atomic E-state index is 9.18. The van der Waals surface area contributed by atoms with Gasteiger partial charge in [-0.25, -0.2) is 0 Å². The summed E-state index contributed by atoms with van der Waals surface area (Å²) in [6, 6.07) is 8.75. The van der Waals surface area contributed by atoms with Crippen molar-refractivity contribution in [2.45, 2.75) is 33.2 Å². The van der Waals surface area contributed by atoms with Gasteiger partial charge >= 0.3 is 0 Å². The van der Waals surface area contributed by atoms with Crippen molar-refractivity contribution in [1.82, 2.24) is 4.90 Å². The molecule has 0 radical (unpaired) electrons. The zero-order chi connectivity index (χ0) is 14.4. The lowest BCUT2D eigenvalue weighted by atomic mass is 9.97. The number of benzene rings is 1. The van der Waals surface area contributed by atoms with E-state index in [1.54, 1.807) is 0 Å². The third-order valence-electron chi connectivity index (χ3n) is 4.01. The van der Waals surface area contributed by atoms with Crippen molar-refractivity contribution in [3.05, 3.63) is 29.8 Å². The molecule has 20 heavy (non-hydrogen) atoms. The SMILES string of the molecule is CC(C)CNc1cccc(CN2CCC(CO)CC2)c1. The second-order valence-electron chi connectivity index (χ2n) is 6.38. The number of aliphatic hydroxyl groups excluding tert-OH is 1. The fraction of sp³-hybridized carbons (Fsp3) is 0.647. The molecule has 3 heteroatoms. The molecule has 2 N–H and O–H groups in total. The molecule has 1 aromatic rings. The first-order chi connectivity index (χ1) is 9.67. The van der Waals surface area contributed by atoms with Gasteiger partial charge in [-0.1, -0.05) is 26.0 Å². The molecule has 0 amide bonds. The molecule has 0 atom stereocenters. The van der Waals surface area contributed by atoms with Crippen molar-refractivity contribution in [2.24, 2.45) is 11.8 Å².